The van der Waals surface area contributed by atoms with Crippen molar-refractivity contribution >= 4 is 11.7 Å². The lowest BCUT2D eigenvalue weighted by atomic mass is 10.0. The Morgan fingerprint density at radius 1 is 1.64 bits per heavy atom. The van der Waals surface area contributed by atoms with Crippen LogP contribution in [0.1, 0.15) is 19.5 Å². The molecule has 1 saturated heterocycles. The van der Waals surface area contributed by atoms with Gasteiger partial charge < -0.3 is 5.32 Å². The van der Waals surface area contributed by atoms with Crippen molar-refractivity contribution in [2.75, 3.05) is 19.6 Å². The first-order valence-electron chi connectivity index (χ1n) is 4.89. The smallest absolute Gasteiger partial charge is 0.0883 e. The highest BCUT2D eigenvalue weighted by Crippen LogP contribution is 2.12. The average Bonchev–Trinajstić information content (AvgIpc) is 2.54. The van der Waals surface area contributed by atoms with E-state index in [0.717, 1.165) is 31.9 Å². The summed E-state index contributed by atoms with van der Waals surface area (Å²) < 4.78 is 8.24. The molecule has 2 heterocycles. The molecule has 78 valence electrons. The maximum absolute atomic E-state index is 4.23. The van der Waals surface area contributed by atoms with Crippen molar-refractivity contribution in [3.63, 3.8) is 0 Å². The maximum Gasteiger partial charge on any atom is 0.0883 e. The minimum Gasteiger partial charge on any atom is -0.309 e. The average molecular weight is 212 g/mol. The summed E-state index contributed by atoms with van der Waals surface area (Å²) in [6.07, 6.45) is 1.86. The van der Waals surface area contributed by atoms with Gasteiger partial charge in [-0.05, 0) is 13.8 Å². The Labute approximate surface area is 88.7 Å². The zero-order valence-corrected chi connectivity index (χ0v) is 9.47. The van der Waals surface area contributed by atoms with Gasteiger partial charge in [0.25, 0.3) is 0 Å². The summed E-state index contributed by atoms with van der Waals surface area (Å²) in [4.78, 5) is 2.42. The topological polar surface area (TPSA) is 41.1 Å². The second-order valence-corrected chi connectivity index (χ2v) is 4.98. The monoisotopic (exact) mass is 212 g/mol. The van der Waals surface area contributed by atoms with E-state index in [1.807, 2.05) is 6.20 Å². The minimum absolute atomic E-state index is 0.224. The van der Waals surface area contributed by atoms with Crippen LogP contribution in [0.5, 0.6) is 0 Å². The summed E-state index contributed by atoms with van der Waals surface area (Å²) >= 11 is 1.29. The fourth-order valence-corrected chi connectivity index (χ4v) is 2.29. The molecule has 1 aromatic rings. The van der Waals surface area contributed by atoms with Gasteiger partial charge >= 0.3 is 0 Å². The van der Waals surface area contributed by atoms with Gasteiger partial charge in [0, 0.05) is 31.7 Å². The van der Waals surface area contributed by atoms with Crippen LogP contribution in [0.3, 0.4) is 0 Å². The lowest BCUT2D eigenvalue weighted by molar-refractivity contribution is 0.147. The van der Waals surface area contributed by atoms with E-state index >= 15 is 0 Å². The van der Waals surface area contributed by atoms with Gasteiger partial charge in [0.15, 0.2) is 0 Å². The molecule has 2 rings (SSSR count). The summed E-state index contributed by atoms with van der Waals surface area (Å²) in [6.45, 7) is 8.63. The van der Waals surface area contributed by atoms with Gasteiger partial charge in [-0.3, -0.25) is 4.90 Å². The van der Waals surface area contributed by atoms with E-state index in [1.165, 1.54) is 11.7 Å². The summed E-state index contributed by atoms with van der Waals surface area (Å²) in [5, 5.41) is 3.49. The van der Waals surface area contributed by atoms with E-state index in [2.05, 4.69) is 32.8 Å². The third-order valence-electron chi connectivity index (χ3n) is 2.44. The summed E-state index contributed by atoms with van der Waals surface area (Å²) in [5.41, 5.74) is 1.31. The van der Waals surface area contributed by atoms with Crippen LogP contribution < -0.4 is 5.32 Å². The van der Waals surface area contributed by atoms with Gasteiger partial charge in [-0.1, -0.05) is 0 Å². The van der Waals surface area contributed by atoms with Crippen LogP contribution in [-0.4, -0.2) is 38.8 Å². The SMILES string of the molecule is CC1(C)CN(Cc2cnsn2)CCN1. The van der Waals surface area contributed by atoms with E-state index in [4.69, 9.17) is 0 Å². The molecule has 0 aromatic carbocycles. The molecule has 0 aliphatic carbocycles. The Morgan fingerprint density at radius 2 is 2.50 bits per heavy atom. The number of hydrogen-bond acceptors (Lipinski definition) is 5. The molecule has 0 amide bonds. The molecular weight excluding hydrogens is 196 g/mol. The van der Waals surface area contributed by atoms with Crippen molar-refractivity contribution in [2.45, 2.75) is 25.9 Å². The molecule has 0 unspecified atom stereocenters. The molecule has 1 fully saturated rings. The number of nitrogens with one attached hydrogen (secondary N) is 1. The molecule has 0 radical (unpaired) electrons. The molecule has 1 aliphatic heterocycles. The second-order valence-electron chi connectivity index (χ2n) is 4.42. The molecule has 1 aliphatic rings. The van der Waals surface area contributed by atoms with E-state index in [0.29, 0.717) is 0 Å². The Balaban J connectivity index is 1.92. The zero-order valence-electron chi connectivity index (χ0n) is 8.66. The lowest BCUT2D eigenvalue weighted by Gasteiger charge is -2.38. The lowest BCUT2D eigenvalue weighted by Crippen LogP contribution is -2.56. The molecule has 0 spiro atoms. The molecule has 14 heavy (non-hydrogen) atoms. The van der Waals surface area contributed by atoms with Crippen LogP contribution in [0.2, 0.25) is 0 Å². The van der Waals surface area contributed by atoms with Crippen LogP contribution in [0.25, 0.3) is 0 Å². The standard InChI is InChI=1S/C9H16N4S/c1-9(2)7-13(4-3-10-9)6-8-5-11-14-12-8/h5,10H,3-4,6-7H2,1-2H3. The van der Waals surface area contributed by atoms with Crippen LogP contribution in [0, 0.1) is 0 Å². The fourth-order valence-electron chi connectivity index (χ4n) is 1.86. The highest BCUT2D eigenvalue weighted by Gasteiger charge is 2.25. The predicted octanol–water partition coefficient (Wildman–Crippen LogP) is 0.722. The Morgan fingerprint density at radius 3 is 3.14 bits per heavy atom. The highest BCUT2D eigenvalue weighted by molar-refractivity contribution is 6.99. The van der Waals surface area contributed by atoms with E-state index in [9.17, 15) is 0 Å². The molecule has 4 nitrogen and oxygen atoms in total. The van der Waals surface area contributed by atoms with E-state index in [-0.39, 0.29) is 5.54 Å². The summed E-state index contributed by atoms with van der Waals surface area (Å²) in [5.74, 6) is 0. The van der Waals surface area contributed by atoms with Gasteiger partial charge in [-0.15, -0.1) is 0 Å². The number of hydrogen-bond donors (Lipinski definition) is 1. The first-order valence-corrected chi connectivity index (χ1v) is 5.63. The third-order valence-corrected chi connectivity index (χ3v) is 2.96. The van der Waals surface area contributed by atoms with Crippen molar-refractivity contribution in [2.24, 2.45) is 0 Å². The normalized spacial score (nSPS) is 22.4. The summed E-state index contributed by atoms with van der Waals surface area (Å²) in [6, 6.07) is 0. The van der Waals surface area contributed by atoms with Crippen molar-refractivity contribution < 1.29 is 0 Å². The first-order chi connectivity index (χ1) is 6.66. The van der Waals surface area contributed by atoms with E-state index < -0.39 is 0 Å². The largest absolute Gasteiger partial charge is 0.309 e. The Bertz CT molecular complexity index is 283. The molecule has 0 atom stereocenters. The van der Waals surface area contributed by atoms with Gasteiger partial charge in [0.05, 0.1) is 23.6 Å². The number of aromatic nitrogens is 2. The van der Waals surface area contributed by atoms with Crippen molar-refractivity contribution in [1.29, 1.82) is 0 Å². The van der Waals surface area contributed by atoms with Crippen LogP contribution in [-0.2, 0) is 6.54 Å². The molecule has 0 saturated carbocycles. The number of rotatable bonds is 2. The van der Waals surface area contributed by atoms with Gasteiger partial charge in [-0.25, -0.2) is 0 Å². The van der Waals surface area contributed by atoms with E-state index in [1.54, 1.807) is 0 Å². The molecule has 0 bridgehead atoms. The van der Waals surface area contributed by atoms with Crippen molar-refractivity contribution in [3.05, 3.63) is 11.9 Å². The predicted molar refractivity (Wildman–Crippen MR) is 57.3 cm³/mol. The third kappa shape index (κ3) is 2.50. The van der Waals surface area contributed by atoms with Crippen LogP contribution in [0.15, 0.2) is 6.20 Å². The summed E-state index contributed by atoms with van der Waals surface area (Å²) in [7, 11) is 0. The zero-order chi connectivity index (χ0) is 10.0. The number of nitrogens with zero attached hydrogens (tertiary/aromatic N) is 3. The van der Waals surface area contributed by atoms with Gasteiger partial charge in [-0.2, -0.15) is 8.75 Å². The molecule has 5 heteroatoms. The minimum atomic E-state index is 0.224. The van der Waals surface area contributed by atoms with Crippen molar-refractivity contribution in [1.82, 2.24) is 19.0 Å². The quantitative estimate of drug-likeness (QED) is 0.784. The Kier molecular flexibility index (Phi) is 2.80. The van der Waals surface area contributed by atoms with Crippen molar-refractivity contribution in [3.8, 4) is 0 Å². The van der Waals surface area contributed by atoms with Crippen LogP contribution in [0.4, 0.5) is 0 Å². The fraction of sp³-hybridized carbons (Fsp3) is 0.778. The van der Waals surface area contributed by atoms with Crippen LogP contribution >= 0.6 is 11.7 Å². The van der Waals surface area contributed by atoms with Gasteiger partial charge in [0.2, 0.25) is 0 Å². The maximum atomic E-state index is 4.23. The second kappa shape index (κ2) is 3.92. The highest BCUT2D eigenvalue weighted by atomic mass is 32.1. The number of piperazine rings is 1. The molecular formula is C9H16N4S. The Hall–Kier alpha value is -0.520. The van der Waals surface area contributed by atoms with Gasteiger partial charge in [0.1, 0.15) is 0 Å². The molecule has 1 N–H and O–H groups in total. The first kappa shape index (κ1) is 10.0. The molecule has 1 aromatic heterocycles.